The number of hydrogen-bond acceptors (Lipinski definition) is 11. The van der Waals surface area contributed by atoms with Gasteiger partial charge in [0, 0.05) is 13.0 Å². The van der Waals surface area contributed by atoms with Crippen molar-refractivity contribution in [3.63, 3.8) is 0 Å². The molecule has 1 fully saturated rings. The van der Waals surface area contributed by atoms with Crippen LogP contribution in [0, 0.1) is 0 Å². The highest BCUT2D eigenvalue weighted by atomic mass is 32.3. The van der Waals surface area contributed by atoms with Gasteiger partial charge in [-0.1, -0.05) is 296 Å². The maximum absolute atomic E-state index is 13.0. The molecule has 1 saturated heterocycles. The maximum Gasteiger partial charge on any atom is 0.397 e. The van der Waals surface area contributed by atoms with Crippen molar-refractivity contribution in [3.8, 4) is 0 Å². The summed E-state index contributed by atoms with van der Waals surface area (Å²) in [4.78, 5) is 13.0. The Bertz CT molecular complexity index is 1270. The normalized spacial score (nSPS) is 18.7. The molecule has 13 heteroatoms. The van der Waals surface area contributed by atoms with Crippen LogP contribution in [-0.4, -0.2) is 97.5 Å². The quantitative estimate of drug-likeness (QED) is 0.0258. The molecule has 12 nitrogen and oxygen atoms in total. The Hall–Kier alpha value is -0.900. The summed E-state index contributed by atoms with van der Waals surface area (Å²) in [6.07, 6.45) is 51.5. The van der Waals surface area contributed by atoms with Gasteiger partial charge in [0.25, 0.3) is 0 Å². The van der Waals surface area contributed by atoms with Crippen LogP contribution in [0.15, 0.2) is 0 Å². The van der Waals surface area contributed by atoms with Gasteiger partial charge in [-0.15, -0.1) is 0 Å². The Morgan fingerprint density at radius 2 is 0.781 bits per heavy atom. The van der Waals surface area contributed by atoms with Gasteiger partial charge in [0.05, 0.1) is 19.8 Å². The van der Waals surface area contributed by atoms with E-state index in [1.54, 1.807) is 0 Å². The molecule has 436 valence electrons. The van der Waals surface area contributed by atoms with Crippen molar-refractivity contribution in [2.75, 3.05) is 26.4 Å². The third-order valence-electron chi connectivity index (χ3n) is 15.0. The lowest BCUT2D eigenvalue weighted by molar-refractivity contribution is -0.301. The smallest absolute Gasteiger partial charge is 0.397 e. The number of carbonyl (C=O) groups is 1. The second-order valence-electron chi connectivity index (χ2n) is 22.0. The summed E-state index contributed by atoms with van der Waals surface area (Å²) in [7, 11) is -5.06. The second-order valence-corrected chi connectivity index (χ2v) is 23.1. The summed E-state index contributed by atoms with van der Waals surface area (Å²) in [5.41, 5.74) is 0. The first-order valence-electron chi connectivity index (χ1n) is 31.3. The maximum atomic E-state index is 13.0. The van der Waals surface area contributed by atoms with Crippen molar-refractivity contribution in [1.29, 1.82) is 0 Å². The molecule has 1 rings (SSSR count). The van der Waals surface area contributed by atoms with E-state index in [0.29, 0.717) is 13.0 Å². The highest BCUT2D eigenvalue weighted by molar-refractivity contribution is 7.80. The van der Waals surface area contributed by atoms with Crippen LogP contribution in [0.25, 0.3) is 0 Å². The molecule has 4 N–H and O–H groups in total. The topological polar surface area (TPSA) is 178 Å². The van der Waals surface area contributed by atoms with Crippen molar-refractivity contribution in [2.45, 2.75) is 352 Å². The fraction of sp³-hybridized carbons (Fsp3) is 0.983. The number of aliphatic hydroxyl groups excluding tert-OH is 3. The van der Waals surface area contributed by atoms with Gasteiger partial charge < -0.3 is 34.3 Å². The van der Waals surface area contributed by atoms with E-state index < -0.39 is 53.8 Å². The van der Waals surface area contributed by atoms with Crippen molar-refractivity contribution in [3.05, 3.63) is 0 Å². The third kappa shape index (κ3) is 44.7. The van der Waals surface area contributed by atoms with Crippen molar-refractivity contribution >= 4 is 16.4 Å². The van der Waals surface area contributed by atoms with Crippen molar-refractivity contribution in [2.24, 2.45) is 0 Å². The van der Waals surface area contributed by atoms with E-state index in [2.05, 4.69) is 18.0 Å². The van der Waals surface area contributed by atoms with Gasteiger partial charge in [-0.25, -0.2) is 4.18 Å². The first-order chi connectivity index (χ1) is 35.6. The van der Waals surface area contributed by atoms with E-state index in [-0.39, 0.29) is 25.6 Å². The van der Waals surface area contributed by atoms with Gasteiger partial charge in [-0.05, 0) is 12.8 Å². The molecule has 6 atom stereocenters. The van der Waals surface area contributed by atoms with E-state index in [4.69, 9.17) is 18.9 Å². The molecule has 73 heavy (non-hydrogen) atoms. The van der Waals surface area contributed by atoms with Gasteiger partial charge in [0.15, 0.2) is 6.29 Å². The number of hydrogen-bond donors (Lipinski definition) is 4. The van der Waals surface area contributed by atoms with Crippen LogP contribution in [0.3, 0.4) is 0 Å². The molecule has 1 aliphatic rings. The number of ether oxygens (including phenoxy) is 4. The minimum atomic E-state index is -5.06. The molecule has 0 aromatic rings. The fourth-order valence-corrected chi connectivity index (χ4v) is 10.8. The molecule has 0 bridgehead atoms. The molecule has 0 aliphatic carbocycles. The molecule has 0 spiro atoms. The van der Waals surface area contributed by atoms with Crippen LogP contribution in [0.1, 0.15) is 316 Å². The standard InChI is InChI=1S/C60H118O12S/c1-3-5-7-9-11-13-15-17-19-21-23-25-27-28-29-31-33-35-37-39-41-43-45-47-49-56(62)70-54(53-69-60-58(64)59(72-73(65,66)67)57(63)55(51-61)71-60)52-68-50-48-46-44-42-40-38-36-34-32-30-26-24-22-20-18-16-14-12-10-8-6-4-2/h54-55,57-61,63-64H,3-53H2,1-2H3,(H,65,66,67). The minimum absolute atomic E-state index is 0.0459. The summed E-state index contributed by atoms with van der Waals surface area (Å²) in [6.45, 7) is 4.09. The van der Waals surface area contributed by atoms with E-state index in [1.165, 1.54) is 250 Å². The summed E-state index contributed by atoms with van der Waals surface area (Å²) < 4.78 is 59.5. The molecule has 0 radical (unpaired) electrons. The summed E-state index contributed by atoms with van der Waals surface area (Å²) in [6, 6.07) is 0. The number of esters is 1. The van der Waals surface area contributed by atoms with Crippen LogP contribution < -0.4 is 0 Å². The first kappa shape index (κ1) is 70.1. The molecule has 0 saturated carbocycles. The number of rotatable bonds is 57. The Kier molecular flexibility index (Phi) is 49.8. The lowest BCUT2D eigenvalue weighted by atomic mass is 9.99. The van der Waals surface area contributed by atoms with E-state index in [1.807, 2.05) is 0 Å². The minimum Gasteiger partial charge on any atom is -0.457 e. The first-order valence-corrected chi connectivity index (χ1v) is 32.7. The van der Waals surface area contributed by atoms with Gasteiger partial charge in [-0.3, -0.25) is 9.35 Å². The highest BCUT2D eigenvalue weighted by Crippen LogP contribution is 2.26. The van der Waals surface area contributed by atoms with E-state index >= 15 is 0 Å². The van der Waals surface area contributed by atoms with Crippen LogP contribution in [0.4, 0.5) is 0 Å². The average Bonchev–Trinajstić information content (AvgIpc) is 3.37. The molecular formula is C60H118O12S. The SMILES string of the molecule is CCCCCCCCCCCCCCCCCCCCCCCCCCC(=O)OC(COCCCCCCCCCCCCCCCCCCCCCCCC)COC1OC(CO)C(O)C(OS(=O)(=O)O)C1O. The molecule has 0 aromatic heterocycles. The average molecular weight is 1060 g/mol. The zero-order valence-electron chi connectivity index (χ0n) is 47.5. The summed E-state index contributed by atoms with van der Waals surface area (Å²) in [5.74, 6) is -0.387. The molecule has 6 unspecified atom stereocenters. The lowest BCUT2D eigenvalue weighted by Crippen LogP contribution is -2.60. The number of carbonyl (C=O) groups excluding carboxylic acids is 1. The van der Waals surface area contributed by atoms with Crippen LogP contribution in [0.2, 0.25) is 0 Å². The Balaban J connectivity index is 2.23. The highest BCUT2D eigenvalue weighted by Gasteiger charge is 2.48. The Labute approximate surface area is 449 Å². The second kappa shape index (κ2) is 51.8. The van der Waals surface area contributed by atoms with Gasteiger partial charge >= 0.3 is 16.4 Å². The molecular weight excluding hydrogens is 945 g/mol. The zero-order valence-corrected chi connectivity index (χ0v) is 48.3. The Morgan fingerprint density at radius 1 is 0.466 bits per heavy atom. The van der Waals surface area contributed by atoms with Crippen LogP contribution in [0.5, 0.6) is 0 Å². The molecule has 1 heterocycles. The van der Waals surface area contributed by atoms with Crippen molar-refractivity contribution < 1.29 is 56.2 Å². The molecule has 0 amide bonds. The van der Waals surface area contributed by atoms with Crippen LogP contribution >= 0.6 is 0 Å². The molecule has 1 aliphatic heterocycles. The van der Waals surface area contributed by atoms with E-state index in [0.717, 1.165) is 38.5 Å². The molecule has 0 aromatic carbocycles. The predicted octanol–water partition coefficient (Wildman–Crippen LogP) is 15.9. The fourth-order valence-electron chi connectivity index (χ4n) is 10.3. The van der Waals surface area contributed by atoms with E-state index in [9.17, 15) is 33.1 Å². The summed E-state index contributed by atoms with van der Waals surface area (Å²) >= 11 is 0. The largest absolute Gasteiger partial charge is 0.457 e. The lowest BCUT2D eigenvalue weighted by Gasteiger charge is -2.41. The van der Waals surface area contributed by atoms with Gasteiger partial charge in [0.1, 0.15) is 30.5 Å². The van der Waals surface area contributed by atoms with Crippen molar-refractivity contribution in [1.82, 2.24) is 0 Å². The Morgan fingerprint density at radius 3 is 1.10 bits per heavy atom. The summed E-state index contributed by atoms with van der Waals surface area (Å²) in [5, 5.41) is 30.9. The zero-order chi connectivity index (χ0) is 53.1. The predicted molar refractivity (Wildman–Crippen MR) is 299 cm³/mol. The monoisotopic (exact) mass is 1060 g/mol. The van der Waals surface area contributed by atoms with Gasteiger partial charge in [-0.2, -0.15) is 8.42 Å². The third-order valence-corrected chi connectivity index (χ3v) is 15.4. The van der Waals surface area contributed by atoms with Gasteiger partial charge in [0.2, 0.25) is 0 Å². The number of unbranched alkanes of at least 4 members (excludes halogenated alkanes) is 44. The van der Waals surface area contributed by atoms with Crippen LogP contribution in [-0.2, 0) is 38.3 Å². The number of aliphatic hydroxyl groups is 3.